The first kappa shape index (κ1) is 12.2. The number of nitrogens with one attached hydrogen (secondary N) is 2. The van der Waals surface area contributed by atoms with Crippen molar-refractivity contribution >= 4 is 27.3 Å². The lowest BCUT2D eigenvalue weighted by molar-refractivity contribution is 0.496. The van der Waals surface area contributed by atoms with Crippen LogP contribution in [0.15, 0.2) is 15.9 Å². The van der Waals surface area contributed by atoms with E-state index in [9.17, 15) is 0 Å². The maximum absolute atomic E-state index is 3.48. The second-order valence-electron chi connectivity index (χ2n) is 3.55. The summed E-state index contributed by atoms with van der Waals surface area (Å²) in [6.07, 6.45) is 0. The Kier molecular flexibility index (Phi) is 5.09. The highest BCUT2D eigenvalue weighted by molar-refractivity contribution is 9.11. The Hall–Kier alpha value is 0.1000. The second kappa shape index (κ2) is 5.85. The van der Waals surface area contributed by atoms with Gasteiger partial charge in [0.25, 0.3) is 0 Å². The first-order valence-corrected chi connectivity index (χ1v) is 6.40. The van der Waals surface area contributed by atoms with Gasteiger partial charge in [0.05, 0.1) is 9.83 Å². The van der Waals surface area contributed by atoms with Crippen molar-refractivity contribution in [1.29, 1.82) is 0 Å². The molecule has 0 radical (unpaired) electrons. The molecule has 0 aliphatic carbocycles. The third-order valence-corrected chi connectivity index (χ3v) is 3.75. The van der Waals surface area contributed by atoms with Crippen molar-refractivity contribution in [2.45, 2.75) is 25.9 Å². The zero-order valence-electron chi connectivity index (χ0n) is 8.80. The van der Waals surface area contributed by atoms with E-state index in [1.807, 2.05) is 7.05 Å². The Morgan fingerprint density at radius 3 is 2.57 bits per heavy atom. The first-order chi connectivity index (χ1) is 6.63. The summed E-state index contributed by atoms with van der Waals surface area (Å²) in [5.41, 5.74) is 0. The van der Waals surface area contributed by atoms with Crippen LogP contribution in [0, 0.1) is 0 Å². The molecule has 1 rings (SSSR count). The number of thiophene rings is 1. The van der Waals surface area contributed by atoms with Gasteiger partial charge in [0.1, 0.15) is 0 Å². The molecule has 0 aliphatic rings. The fraction of sp³-hybridized carbons (Fsp3) is 0.600. The van der Waals surface area contributed by atoms with Gasteiger partial charge in [-0.2, -0.15) is 0 Å². The standard InChI is InChI=1S/C10H17BrN2S/c1-7(2)13-6-8(12-3)9-4-5-10(11)14-9/h4-5,7-8,12-13H,6H2,1-3H3. The van der Waals surface area contributed by atoms with Crippen LogP contribution in [0.1, 0.15) is 24.8 Å². The normalized spacial score (nSPS) is 13.5. The molecule has 0 bridgehead atoms. The molecule has 1 heterocycles. The molecule has 14 heavy (non-hydrogen) atoms. The molecule has 1 aromatic heterocycles. The van der Waals surface area contributed by atoms with Gasteiger partial charge in [0.2, 0.25) is 0 Å². The fourth-order valence-corrected chi connectivity index (χ4v) is 2.75. The molecular formula is C10H17BrN2S. The van der Waals surface area contributed by atoms with E-state index in [4.69, 9.17) is 0 Å². The molecule has 1 atom stereocenters. The summed E-state index contributed by atoms with van der Waals surface area (Å²) in [6.45, 7) is 5.30. The molecule has 0 spiro atoms. The molecule has 0 amide bonds. The van der Waals surface area contributed by atoms with Crippen molar-refractivity contribution in [1.82, 2.24) is 10.6 Å². The number of halogens is 1. The maximum Gasteiger partial charge on any atom is 0.0702 e. The van der Waals surface area contributed by atoms with E-state index in [1.54, 1.807) is 11.3 Å². The summed E-state index contributed by atoms with van der Waals surface area (Å²) in [4.78, 5) is 1.37. The summed E-state index contributed by atoms with van der Waals surface area (Å²) in [7, 11) is 2.00. The van der Waals surface area contributed by atoms with Crippen molar-refractivity contribution in [3.8, 4) is 0 Å². The average Bonchev–Trinajstić information content (AvgIpc) is 2.53. The molecule has 0 aliphatic heterocycles. The number of hydrogen-bond acceptors (Lipinski definition) is 3. The molecule has 2 nitrogen and oxygen atoms in total. The van der Waals surface area contributed by atoms with Crippen molar-refractivity contribution < 1.29 is 0 Å². The Labute approximate surface area is 98.2 Å². The van der Waals surface area contributed by atoms with Gasteiger partial charge >= 0.3 is 0 Å². The highest BCUT2D eigenvalue weighted by Gasteiger charge is 2.11. The van der Waals surface area contributed by atoms with Gasteiger partial charge in [-0.25, -0.2) is 0 Å². The lowest BCUT2D eigenvalue weighted by Gasteiger charge is -2.17. The quantitative estimate of drug-likeness (QED) is 0.864. The monoisotopic (exact) mass is 276 g/mol. The number of rotatable bonds is 5. The molecule has 4 heteroatoms. The van der Waals surface area contributed by atoms with Crippen LogP contribution >= 0.6 is 27.3 Å². The van der Waals surface area contributed by atoms with E-state index >= 15 is 0 Å². The summed E-state index contributed by atoms with van der Waals surface area (Å²) in [5, 5.41) is 6.75. The molecule has 0 fully saturated rings. The van der Waals surface area contributed by atoms with Crippen LogP contribution in [-0.2, 0) is 0 Å². The summed E-state index contributed by atoms with van der Waals surface area (Å²) < 4.78 is 1.19. The molecule has 0 saturated heterocycles. The Bertz CT molecular complexity index is 273. The van der Waals surface area contributed by atoms with Crippen LogP contribution in [0.5, 0.6) is 0 Å². The molecule has 1 unspecified atom stereocenters. The van der Waals surface area contributed by atoms with E-state index in [0.29, 0.717) is 12.1 Å². The van der Waals surface area contributed by atoms with E-state index < -0.39 is 0 Å². The molecule has 1 aromatic rings. The lowest BCUT2D eigenvalue weighted by Crippen LogP contribution is -2.32. The van der Waals surface area contributed by atoms with Crippen LogP contribution in [0.25, 0.3) is 0 Å². The van der Waals surface area contributed by atoms with E-state index in [0.717, 1.165) is 6.54 Å². The Morgan fingerprint density at radius 1 is 1.43 bits per heavy atom. The van der Waals surface area contributed by atoms with Crippen molar-refractivity contribution in [3.63, 3.8) is 0 Å². The third kappa shape index (κ3) is 3.69. The highest BCUT2D eigenvalue weighted by atomic mass is 79.9. The zero-order chi connectivity index (χ0) is 10.6. The minimum absolute atomic E-state index is 0.411. The van der Waals surface area contributed by atoms with Gasteiger partial charge in [-0.05, 0) is 35.1 Å². The lowest BCUT2D eigenvalue weighted by atomic mass is 10.2. The number of hydrogen-bond donors (Lipinski definition) is 2. The largest absolute Gasteiger partial charge is 0.313 e. The molecule has 0 aromatic carbocycles. The van der Waals surface area contributed by atoms with Crippen LogP contribution in [0.3, 0.4) is 0 Å². The van der Waals surface area contributed by atoms with Gasteiger partial charge in [-0.15, -0.1) is 11.3 Å². The first-order valence-electron chi connectivity index (χ1n) is 4.79. The average molecular weight is 277 g/mol. The Morgan fingerprint density at radius 2 is 2.14 bits per heavy atom. The van der Waals surface area contributed by atoms with Crippen molar-refractivity contribution in [3.05, 3.63) is 20.8 Å². The molecule has 2 N–H and O–H groups in total. The molecule has 0 saturated carbocycles. The third-order valence-electron chi connectivity index (χ3n) is 2.02. The molecular weight excluding hydrogens is 260 g/mol. The minimum atomic E-state index is 0.411. The predicted molar refractivity (Wildman–Crippen MR) is 67.0 cm³/mol. The molecule has 80 valence electrons. The zero-order valence-corrected chi connectivity index (χ0v) is 11.2. The summed E-state index contributed by atoms with van der Waals surface area (Å²) >= 11 is 5.27. The highest BCUT2D eigenvalue weighted by Crippen LogP contribution is 2.26. The van der Waals surface area contributed by atoms with E-state index in [1.165, 1.54) is 8.66 Å². The minimum Gasteiger partial charge on any atom is -0.313 e. The van der Waals surface area contributed by atoms with Gasteiger partial charge in [-0.3, -0.25) is 0 Å². The van der Waals surface area contributed by atoms with Crippen LogP contribution in [0.2, 0.25) is 0 Å². The van der Waals surface area contributed by atoms with Crippen LogP contribution < -0.4 is 10.6 Å². The van der Waals surface area contributed by atoms with Gasteiger partial charge in [0.15, 0.2) is 0 Å². The van der Waals surface area contributed by atoms with Crippen molar-refractivity contribution in [2.24, 2.45) is 0 Å². The maximum atomic E-state index is 3.48. The van der Waals surface area contributed by atoms with E-state index in [-0.39, 0.29) is 0 Å². The van der Waals surface area contributed by atoms with Crippen LogP contribution in [-0.4, -0.2) is 19.6 Å². The second-order valence-corrected chi connectivity index (χ2v) is 6.04. The van der Waals surface area contributed by atoms with Crippen LogP contribution in [0.4, 0.5) is 0 Å². The van der Waals surface area contributed by atoms with Crippen molar-refractivity contribution in [2.75, 3.05) is 13.6 Å². The number of likely N-dealkylation sites (N-methyl/N-ethyl adjacent to an activating group) is 1. The Balaban J connectivity index is 2.54. The van der Waals surface area contributed by atoms with Gasteiger partial charge < -0.3 is 10.6 Å². The van der Waals surface area contributed by atoms with Gasteiger partial charge in [-0.1, -0.05) is 13.8 Å². The fourth-order valence-electron chi connectivity index (χ4n) is 1.21. The van der Waals surface area contributed by atoms with Gasteiger partial charge in [0, 0.05) is 17.5 Å². The SMILES string of the molecule is CNC(CNC(C)C)c1ccc(Br)s1. The predicted octanol–water partition coefficient (Wildman–Crippen LogP) is 2.77. The smallest absolute Gasteiger partial charge is 0.0702 e. The topological polar surface area (TPSA) is 24.1 Å². The summed E-state index contributed by atoms with van der Waals surface area (Å²) in [5.74, 6) is 0. The summed E-state index contributed by atoms with van der Waals surface area (Å²) in [6, 6.07) is 5.21. The van der Waals surface area contributed by atoms with E-state index in [2.05, 4.69) is 52.5 Å².